The van der Waals surface area contributed by atoms with Crippen LogP contribution in [0.1, 0.15) is 19.3 Å². The normalized spacial score (nSPS) is 15.0. The summed E-state index contributed by atoms with van der Waals surface area (Å²) < 4.78 is 46.6. The molecule has 28 heavy (non-hydrogen) atoms. The van der Waals surface area contributed by atoms with Crippen LogP contribution >= 0.6 is 11.6 Å². The van der Waals surface area contributed by atoms with E-state index in [0.29, 0.717) is 18.1 Å². The van der Waals surface area contributed by atoms with Gasteiger partial charge in [-0.1, -0.05) is 23.7 Å². The van der Waals surface area contributed by atoms with Crippen molar-refractivity contribution in [3.05, 3.63) is 59.4 Å². The van der Waals surface area contributed by atoms with Gasteiger partial charge in [-0.2, -0.15) is 4.98 Å². The number of rotatable bonds is 4. The Labute approximate surface area is 167 Å². The summed E-state index contributed by atoms with van der Waals surface area (Å²) in [4.78, 5) is 6.14. The molecule has 4 rings (SSSR count). The molecule has 1 saturated heterocycles. The monoisotopic (exact) mass is 420 g/mol. The number of anilines is 1. The Bertz CT molecular complexity index is 1090. The van der Waals surface area contributed by atoms with Crippen molar-refractivity contribution in [3.63, 3.8) is 0 Å². The van der Waals surface area contributed by atoms with Gasteiger partial charge in [0.15, 0.2) is 0 Å². The first-order valence-electron chi connectivity index (χ1n) is 8.98. The highest BCUT2D eigenvalue weighted by Crippen LogP contribution is 2.36. The van der Waals surface area contributed by atoms with E-state index in [1.54, 1.807) is 12.1 Å². The number of oxazole rings is 1. The fraction of sp³-hybridized carbons (Fsp3) is 0.250. The summed E-state index contributed by atoms with van der Waals surface area (Å²) in [6.07, 6.45) is 2.93. The maximum absolute atomic E-state index is 14.2. The molecule has 5 nitrogen and oxygen atoms in total. The highest BCUT2D eigenvalue weighted by Gasteiger charge is 2.32. The van der Waals surface area contributed by atoms with Crippen LogP contribution in [0.15, 0.2) is 62.9 Å². The van der Waals surface area contributed by atoms with E-state index in [1.807, 2.05) is 4.90 Å². The standard InChI is InChI=1S/C20H18ClFN2O3S/c21-14-8-10-15(11-9-14)28(25,26)19-20(24-12-4-1-5-13-24)27-18(23-19)16-6-2-3-7-17(16)22/h2-3,6-11H,1,4-5,12-13H2. The lowest BCUT2D eigenvalue weighted by Gasteiger charge is -2.26. The number of hydrogen-bond acceptors (Lipinski definition) is 5. The highest BCUT2D eigenvalue weighted by atomic mass is 35.5. The molecule has 2 heterocycles. The van der Waals surface area contributed by atoms with Crippen LogP contribution in [0.2, 0.25) is 5.02 Å². The van der Waals surface area contributed by atoms with Crippen molar-refractivity contribution in [2.24, 2.45) is 0 Å². The Morgan fingerprint density at radius 1 is 1.00 bits per heavy atom. The fourth-order valence-electron chi connectivity index (χ4n) is 3.25. The Kier molecular flexibility index (Phi) is 5.12. The predicted molar refractivity (Wildman–Crippen MR) is 105 cm³/mol. The molecule has 0 spiro atoms. The van der Waals surface area contributed by atoms with Crippen LogP contribution in [0.3, 0.4) is 0 Å². The number of sulfone groups is 1. The van der Waals surface area contributed by atoms with Gasteiger partial charge in [0.1, 0.15) is 5.82 Å². The third-order valence-corrected chi connectivity index (χ3v) is 6.63. The van der Waals surface area contributed by atoms with Gasteiger partial charge in [-0.15, -0.1) is 0 Å². The molecule has 0 aliphatic carbocycles. The van der Waals surface area contributed by atoms with Gasteiger partial charge in [0.05, 0.1) is 10.5 Å². The van der Waals surface area contributed by atoms with Gasteiger partial charge in [-0.3, -0.25) is 0 Å². The van der Waals surface area contributed by atoms with Crippen molar-refractivity contribution in [2.45, 2.75) is 29.2 Å². The van der Waals surface area contributed by atoms with Crippen molar-refractivity contribution in [3.8, 4) is 11.5 Å². The smallest absolute Gasteiger partial charge is 0.236 e. The Morgan fingerprint density at radius 3 is 2.36 bits per heavy atom. The molecule has 8 heteroatoms. The van der Waals surface area contributed by atoms with Crippen molar-refractivity contribution in [2.75, 3.05) is 18.0 Å². The van der Waals surface area contributed by atoms with Gasteiger partial charge in [0, 0.05) is 18.1 Å². The van der Waals surface area contributed by atoms with E-state index < -0.39 is 15.7 Å². The first-order valence-corrected chi connectivity index (χ1v) is 10.8. The maximum Gasteiger partial charge on any atom is 0.236 e. The van der Waals surface area contributed by atoms with Crippen LogP contribution in [0.5, 0.6) is 0 Å². The summed E-state index contributed by atoms with van der Waals surface area (Å²) in [5.74, 6) is -0.413. The fourth-order valence-corrected chi connectivity index (χ4v) is 4.69. The van der Waals surface area contributed by atoms with Crippen LogP contribution in [-0.4, -0.2) is 26.5 Å². The molecule has 0 bridgehead atoms. The van der Waals surface area contributed by atoms with Crippen LogP contribution < -0.4 is 4.90 Å². The summed E-state index contributed by atoms with van der Waals surface area (Å²) in [5, 5.41) is 0.234. The van der Waals surface area contributed by atoms with E-state index in [0.717, 1.165) is 19.3 Å². The van der Waals surface area contributed by atoms with Crippen molar-refractivity contribution >= 4 is 27.3 Å². The van der Waals surface area contributed by atoms with E-state index >= 15 is 0 Å². The number of halogens is 2. The minimum Gasteiger partial charge on any atom is -0.419 e. The zero-order valence-corrected chi connectivity index (χ0v) is 16.5. The molecule has 2 aromatic carbocycles. The van der Waals surface area contributed by atoms with Crippen LogP contribution in [-0.2, 0) is 9.84 Å². The van der Waals surface area contributed by atoms with Gasteiger partial charge in [0.2, 0.25) is 26.6 Å². The van der Waals surface area contributed by atoms with E-state index in [1.165, 1.54) is 36.4 Å². The second-order valence-corrected chi connectivity index (χ2v) is 8.92. The molecule has 0 unspecified atom stereocenters. The topological polar surface area (TPSA) is 63.4 Å². The van der Waals surface area contributed by atoms with Crippen molar-refractivity contribution < 1.29 is 17.2 Å². The molecule has 0 saturated carbocycles. The predicted octanol–water partition coefficient (Wildman–Crippen LogP) is 4.96. The number of piperidine rings is 1. The van der Waals surface area contributed by atoms with E-state index in [-0.39, 0.29) is 27.3 Å². The first kappa shape index (κ1) is 19.0. The minimum absolute atomic E-state index is 0.0498. The highest BCUT2D eigenvalue weighted by molar-refractivity contribution is 7.91. The number of aromatic nitrogens is 1. The second kappa shape index (κ2) is 7.56. The summed E-state index contributed by atoms with van der Waals surface area (Å²) in [6.45, 7) is 1.32. The molecule has 1 aliphatic rings. The SMILES string of the molecule is O=S(=O)(c1ccc(Cl)cc1)c1nc(-c2ccccc2F)oc1N1CCCCC1. The maximum atomic E-state index is 14.2. The molecule has 0 atom stereocenters. The second-order valence-electron chi connectivity index (χ2n) is 6.61. The van der Waals surface area contributed by atoms with Gasteiger partial charge in [-0.05, 0) is 55.7 Å². The molecule has 1 fully saturated rings. The lowest BCUT2D eigenvalue weighted by molar-refractivity contribution is 0.497. The quantitative estimate of drug-likeness (QED) is 0.597. The largest absolute Gasteiger partial charge is 0.419 e. The Hall–Kier alpha value is -2.38. The van der Waals surface area contributed by atoms with Gasteiger partial charge >= 0.3 is 0 Å². The van der Waals surface area contributed by atoms with Crippen molar-refractivity contribution in [1.82, 2.24) is 4.98 Å². The zero-order chi connectivity index (χ0) is 19.7. The molecule has 1 aliphatic heterocycles. The van der Waals surface area contributed by atoms with Gasteiger partial charge in [-0.25, -0.2) is 12.8 Å². The average Bonchev–Trinajstić information content (AvgIpc) is 3.15. The van der Waals surface area contributed by atoms with E-state index in [9.17, 15) is 12.8 Å². The molecule has 0 radical (unpaired) electrons. The Balaban J connectivity index is 1.87. The van der Waals surface area contributed by atoms with Crippen LogP contribution in [0.4, 0.5) is 10.3 Å². The number of nitrogens with zero attached hydrogens (tertiary/aromatic N) is 2. The Morgan fingerprint density at radius 2 is 1.68 bits per heavy atom. The molecule has 0 N–H and O–H groups in total. The zero-order valence-electron chi connectivity index (χ0n) is 14.9. The van der Waals surface area contributed by atoms with Gasteiger partial charge in [0.25, 0.3) is 0 Å². The summed E-state index contributed by atoms with van der Waals surface area (Å²) in [5.41, 5.74) is 0.123. The average molecular weight is 421 g/mol. The summed E-state index contributed by atoms with van der Waals surface area (Å²) in [6, 6.07) is 11.9. The van der Waals surface area contributed by atoms with E-state index in [4.69, 9.17) is 16.0 Å². The van der Waals surface area contributed by atoms with Crippen molar-refractivity contribution in [1.29, 1.82) is 0 Å². The molecular weight excluding hydrogens is 403 g/mol. The van der Waals surface area contributed by atoms with Gasteiger partial charge < -0.3 is 9.32 Å². The molecule has 0 amide bonds. The molecule has 1 aromatic heterocycles. The molecule has 146 valence electrons. The van der Waals surface area contributed by atoms with Crippen LogP contribution in [0, 0.1) is 5.82 Å². The number of benzene rings is 2. The summed E-state index contributed by atoms with van der Waals surface area (Å²) >= 11 is 5.88. The molecular formula is C20H18ClFN2O3S. The number of hydrogen-bond donors (Lipinski definition) is 0. The van der Waals surface area contributed by atoms with Crippen LogP contribution in [0.25, 0.3) is 11.5 Å². The first-order chi connectivity index (χ1) is 13.5. The minimum atomic E-state index is -3.96. The lowest BCUT2D eigenvalue weighted by atomic mass is 10.1. The third kappa shape index (κ3) is 3.52. The lowest BCUT2D eigenvalue weighted by Crippen LogP contribution is -2.30. The summed E-state index contributed by atoms with van der Waals surface area (Å²) in [7, 11) is -3.96. The van der Waals surface area contributed by atoms with E-state index in [2.05, 4.69) is 4.98 Å². The molecule has 3 aromatic rings. The third-order valence-electron chi connectivity index (χ3n) is 4.71.